The molecule has 1 aliphatic carbocycles. The lowest BCUT2D eigenvalue weighted by Crippen LogP contribution is -2.21. The fourth-order valence-electron chi connectivity index (χ4n) is 2.72. The van der Waals surface area contributed by atoms with E-state index in [9.17, 15) is 0 Å². The molecule has 3 unspecified atom stereocenters. The van der Waals surface area contributed by atoms with Crippen molar-refractivity contribution in [1.29, 1.82) is 0 Å². The van der Waals surface area contributed by atoms with Crippen molar-refractivity contribution in [1.82, 2.24) is 0 Å². The number of thioether (sulfide) groups is 1. The van der Waals surface area contributed by atoms with Crippen molar-refractivity contribution < 1.29 is 0 Å². The molecule has 0 aromatic carbocycles. The maximum absolute atomic E-state index is 2.42. The van der Waals surface area contributed by atoms with E-state index in [0.717, 1.165) is 16.4 Å². The zero-order valence-corrected chi connectivity index (χ0v) is 8.91. The Morgan fingerprint density at radius 2 is 1.67 bits per heavy atom. The van der Waals surface area contributed by atoms with Gasteiger partial charge in [0, 0.05) is 10.5 Å². The van der Waals surface area contributed by atoms with Crippen LogP contribution in [-0.2, 0) is 0 Å². The molecule has 1 heterocycles. The van der Waals surface area contributed by atoms with E-state index in [2.05, 4.69) is 18.7 Å². The average Bonchev–Trinajstić information content (AvgIpc) is 2.25. The third-order valence-corrected chi connectivity index (χ3v) is 5.10. The Labute approximate surface area is 80.5 Å². The molecule has 0 bridgehead atoms. The highest BCUT2D eigenvalue weighted by Crippen LogP contribution is 2.41. The number of hydrogen-bond acceptors (Lipinski definition) is 1. The summed E-state index contributed by atoms with van der Waals surface area (Å²) in [5.74, 6) is 1.09. The minimum Gasteiger partial charge on any atom is -0.155 e. The first-order chi connectivity index (χ1) is 5.86. The summed E-state index contributed by atoms with van der Waals surface area (Å²) in [6.45, 7) is 2.42. The summed E-state index contributed by atoms with van der Waals surface area (Å²) in [4.78, 5) is 0. The standard InChI is InChI=1S/C11H20S/c1-9-5-4-7-10-6-2-3-8-11(10)12-9/h9-11H,2-8H2,1H3. The van der Waals surface area contributed by atoms with Crippen LogP contribution in [0.15, 0.2) is 0 Å². The van der Waals surface area contributed by atoms with Gasteiger partial charge >= 0.3 is 0 Å². The van der Waals surface area contributed by atoms with Gasteiger partial charge in [0.25, 0.3) is 0 Å². The fraction of sp³-hybridized carbons (Fsp3) is 1.00. The lowest BCUT2D eigenvalue weighted by atomic mass is 9.85. The predicted octanol–water partition coefficient (Wildman–Crippen LogP) is 3.85. The summed E-state index contributed by atoms with van der Waals surface area (Å²) in [6.07, 6.45) is 10.6. The molecular weight excluding hydrogens is 164 g/mol. The Balaban J connectivity index is 1.96. The molecule has 0 spiro atoms. The predicted molar refractivity (Wildman–Crippen MR) is 56.7 cm³/mol. The lowest BCUT2D eigenvalue weighted by Gasteiger charge is -2.30. The molecular formula is C11H20S. The van der Waals surface area contributed by atoms with Gasteiger partial charge in [-0.05, 0) is 31.6 Å². The van der Waals surface area contributed by atoms with E-state index in [1.165, 1.54) is 44.9 Å². The van der Waals surface area contributed by atoms with Crippen LogP contribution in [0.5, 0.6) is 0 Å². The molecule has 2 aliphatic rings. The van der Waals surface area contributed by atoms with E-state index >= 15 is 0 Å². The lowest BCUT2D eigenvalue weighted by molar-refractivity contribution is 0.348. The van der Waals surface area contributed by atoms with Crippen LogP contribution >= 0.6 is 11.8 Å². The second kappa shape index (κ2) is 4.04. The first-order valence-corrected chi connectivity index (χ1v) is 6.46. The van der Waals surface area contributed by atoms with E-state index < -0.39 is 0 Å². The Kier molecular flexibility index (Phi) is 3.00. The van der Waals surface area contributed by atoms with Crippen molar-refractivity contribution in [2.45, 2.75) is 62.4 Å². The van der Waals surface area contributed by atoms with Gasteiger partial charge < -0.3 is 0 Å². The molecule has 1 saturated heterocycles. The maximum atomic E-state index is 2.42. The third-order valence-electron chi connectivity index (χ3n) is 3.43. The van der Waals surface area contributed by atoms with Crippen molar-refractivity contribution in [3.63, 3.8) is 0 Å². The van der Waals surface area contributed by atoms with Gasteiger partial charge in [0.15, 0.2) is 0 Å². The topological polar surface area (TPSA) is 0 Å². The van der Waals surface area contributed by atoms with Crippen LogP contribution in [-0.4, -0.2) is 10.5 Å². The summed E-state index contributed by atoms with van der Waals surface area (Å²) < 4.78 is 0. The first kappa shape index (κ1) is 8.93. The zero-order chi connectivity index (χ0) is 8.39. The number of fused-ring (bicyclic) bond motifs is 1. The van der Waals surface area contributed by atoms with Crippen LogP contribution in [0, 0.1) is 5.92 Å². The molecule has 0 aromatic rings. The van der Waals surface area contributed by atoms with Crippen LogP contribution in [0.25, 0.3) is 0 Å². The van der Waals surface area contributed by atoms with Gasteiger partial charge in [0.1, 0.15) is 0 Å². The van der Waals surface area contributed by atoms with E-state index in [1.54, 1.807) is 0 Å². The Morgan fingerprint density at radius 1 is 0.917 bits per heavy atom. The van der Waals surface area contributed by atoms with Crippen molar-refractivity contribution in [2.24, 2.45) is 5.92 Å². The second-order valence-electron chi connectivity index (χ2n) is 4.46. The van der Waals surface area contributed by atoms with Crippen LogP contribution in [0.4, 0.5) is 0 Å². The highest BCUT2D eigenvalue weighted by Gasteiger charge is 2.28. The SMILES string of the molecule is CC1CCCC2CCCCC2S1. The first-order valence-electron chi connectivity index (χ1n) is 5.52. The van der Waals surface area contributed by atoms with Gasteiger partial charge in [-0.2, -0.15) is 11.8 Å². The molecule has 1 aliphatic heterocycles. The largest absolute Gasteiger partial charge is 0.155 e. The van der Waals surface area contributed by atoms with Crippen LogP contribution in [0.3, 0.4) is 0 Å². The second-order valence-corrected chi connectivity index (χ2v) is 6.14. The molecule has 3 atom stereocenters. The summed E-state index contributed by atoms with van der Waals surface area (Å²) in [5.41, 5.74) is 0. The van der Waals surface area contributed by atoms with Gasteiger partial charge in [0.05, 0.1) is 0 Å². The molecule has 0 N–H and O–H groups in total. The Bertz CT molecular complexity index is 144. The molecule has 2 rings (SSSR count). The molecule has 0 radical (unpaired) electrons. The quantitative estimate of drug-likeness (QED) is 0.551. The minimum atomic E-state index is 0.943. The summed E-state index contributed by atoms with van der Waals surface area (Å²) in [6, 6.07) is 0. The Hall–Kier alpha value is 0.350. The molecule has 0 aromatic heterocycles. The Morgan fingerprint density at radius 3 is 2.58 bits per heavy atom. The fourth-order valence-corrected chi connectivity index (χ4v) is 4.41. The highest BCUT2D eigenvalue weighted by atomic mass is 32.2. The van der Waals surface area contributed by atoms with Gasteiger partial charge in [-0.15, -0.1) is 0 Å². The molecule has 0 nitrogen and oxygen atoms in total. The average molecular weight is 184 g/mol. The van der Waals surface area contributed by atoms with E-state index in [0.29, 0.717) is 0 Å². The van der Waals surface area contributed by atoms with E-state index in [4.69, 9.17) is 0 Å². The molecule has 70 valence electrons. The minimum absolute atomic E-state index is 0.943. The smallest absolute Gasteiger partial charge is 0.00780 e. The van der Waals surface area contributed by atoms with Crippen LogP contribution < -0.4 is 0 Å². The van der Waals surface area contributed by atoms with Crippen molar-refractivity contribution in [3.05, 3.63) is 0 Å². The molecule has 12 heavy (non-hydrogen) atoms. The van der Waals surface area contributed by atoms with E-state index in [-0.39, 0.29) is 0 Å². The monoisotopic (exact) mass is 184 g/mol. The summed E-state index contributed by atoms with van der Waals surface area (Å²) in [7, 11) is 0. The maximum Gasteiger partial charge on any atom is 0.00780 e. The van der Waals surface area contributed by atoms with Crippen molar-refractivity contribution in [3.8, 4) is 0 Å². The number of rotatable bonds is 0. The summed E-state index contributed by atoms with van der Waals surface area (Å²) in [5, 5.41) is 1.98. The zero-order valence-electron chi connectivity index (χ0n) is 8.09. The molecule has 2 fully saturated rings. The van der Waals surface area contributed by atoms with Crippen LogP contribution in [0.2, 0.25) is 0 Å². The van der Waals surface area contributed by atoms with Crippen molar-refractivity contribution in [2.75, 3.05) is 0 Å². The molecule has 0 amide bonds. The molecule has 1 heteroatoms. The molecule has 1 saturated carbocycles. The normalized spacial score (nSPS) is 43.2. The van der Waals surface area contributed by atoms with Gasteiger partial charge in [-0.25, -0.2) is 0 Å². The summed E-state index contributed by atoms with van der Waals surface area (Å²) >= 11 is 2.29. The van der Waals surface area contributed by atoms with Gasteiger partial charge in [-0.3, -0.25) is 0 Å². The highest BCUT2D eigenvalue weighted by molar-refractivity contribution is 8.00. The van der Waals surface area contributed by atoms with Gasteiger partial charge in [-0.1, -0.05) is 26.2 Å². The van der Waals surface area contributed by atoms with Gasteiger partial charge in [0.2, 0.25) is 0 Å². The third kappa shape index (κ3) is 1.99. The number of hydrogen-bond donors (Lipinski definition) is 0. The van der Waals surface area contributed by atoms with Crippen LogP contribution in [0.1, 0.15) is 51.9 Å². The van der Waals surface area contributed by atoms with E-state index in [1.807, 2.05) is 0 Å². The van der Waals surface area contributed by atoms with Crippen molar-refractivity contribution >= 4 is 11.8 Å².